The van der Waals surface area contributed by atoms with Gasteiger partial charge in [0.05, 0.1) is 12.8 Å². The average molecular weight is 410 g/mol. The summed E-state index contributed by atoms with van der Waals surface area (Å²) >= 11 is 0. The van der Waals surface area contributed by atoms with Gasteiger partial charge in [0.25, 0.3) is 5.91 Å². The van der Waals surface area contributed by atoms with Crippen LogP contribution in [0.4, 0.5) is 4.39 Å². The van der Waals surface area contributed by atoms with Crippen LogP contribution in [0.2, 0.25) is 0 Å². The van der Waals surface area contributed by atoms with Crippen LogP contribution in [0, 0.1) is 5.82 Å². The summed E-state index contributed by atoms with van der Waals surface area (Å²) in [6.07, 6.45) is 1.52. The van der Waals surface area contributed by atoms with E-state index in [1.165, 1.54) is 23.3 Å². The van der Waals surface area contributed by atoms with E-state index in [2.05, 4.69) is 5.32 Å². The third-order valence-electron chi connectivity index (χ3n) is 4.56. The van der Waals surface area contributed by atoms with Crippen molar-refractivity contribution in [3.8, 4) is 5.75 Å². The van der Waals surface area contributed by atoms with Crippen molar-refractivity contribution < 1.29 is 23.1 Å². The van der Waals surface area contributed by atoms with Crippen LogP contribution >= 0.6 is 0 Å². The maximum absolute atomic E-state index is 13.2. The molecule has 0 aliphatic heterocycles. The lowest BCUT2D eigenvalue weighted by Gasteiger charge is -2.28. The summed E-state index contributed by atoms with van der Waals surface area (Å²) in [6, 6.07) is 17.5. The highest BCUT2D eigenvalue weighted by Gasteiger charge is 2.26. The summed E-state index contributed by atoms with van der Waals surface area (Å²) in [4.78, 5) is 27.0. The first-order valence-corrected chi connectivity index (χ1v) is 9.55. The Balaban J connectivity index is 1.68. The number of carbonyl (C=O) groups excluding carboxylic acids is 2. The van der Waals surface area contributed by atoms with Crippen molar-refractivity contribution >= 4 is 11.8 Å². The Hall–Kier alpha value is -3.61. The Kier molecular flexibility index (Phi) is 7.21. The summed E-state index contributed by atoms with van der Waals surface area (Å²) in [5.74, 6) is 0.112. The zero-order valence-electron chi connectivity index (χ0n) is 16.6. The highest BCUT2D eigenvalue weighted by atomic mass is 19.1. The molecule has 0 spiro atoms. The first-order valence-electron chi connectivity index (χ1n) is 9.55. The van der Waals surface area contributed by atoms with Gasteiger partial charge >= 0.3 is 0 Å². The van der Waals surface area contributed by atoms with Gasteiger partial charge in [-0.3, -0.25) is 9.59 Å². The first-order chi connectivity index (χ1) is 14.5. The molecule has 0 saturated carbocycles. The number of hydrogen-bond acceptors (Lipinski definition) is 4. The zero-order valence-corrected chi connectivity index (χ0v) is 16.6. The van der Waals surface area contributed by atoms with Gasteiger partial charge in [-0.05, 0) is 48.9 Å². The van der Waals surface area contributed by atoms with Crippen LogP contribution in [-0.4, -0.2) is 29.4 Å². The van der Waals surface area contributed by atoms with E-state index in [0.29, 0.717) is 17.1 Å². The Morgan fingerprint density at radius 2 is 1.80 bits per heavy atom. The van der Waals surface area contributed by atoms with Crippen molar-refractivity contribution in [2.45, 2.75) is 26.1 Å². The van der Waals surface area contributed by atoms with E-state index in [4.69, 9.17) is 9.15 Å². The number of ether oxygens (including phenoxy) is 1. The second-order valence-electron chi connectivity index (χ2n) is 6.72. The minimum Gasteiger partial charge on any atom is -0.484 e. The van der Waals surface area contributed by atoms with Crippen LogP contribution < -0.4 is 10.1 Å². The second-order valence-corrected chi connectivity index (χ2v) is 6.72. The molecule has 156 valence electrons. The fraction of sp³-hybridized carbons (Fsp3) is 0.217. The van der Waals surface area contributed by atoms with Crippen molar-refractivity contribution in [3.05, 3.63) is 90.1 Å². The van der Waals surface area contributed by atoms with Gasteiger partial charge in [-0.25, -0.2) is 4.39 Å². The lowest BCUT2D eigenvalue weighted by Crippen LogP contribution is -2.48. The predicted octanol–water partition coefficient (Wildman–Crippen LogP) is 3.53. The molecule has 0 unspecified atom stereocenters. The van der Waals surface area contributed by atoms with Crippen molar-refractivity contribution in [2.24, 2.45) is 0 Å². The molecule has 0 radical (unpaired) electrons. The van der Waals surface area contributed by atoms with Gasteiger partial charge in [0.1, 0.15) is 23.4 Å². The molecule has 0 aliphatic rings. The quantitative estimate of drug-likeness (QED) is 0.586. The maximum atomic E-state index is 13.2. The van der Waals surface area contributed by atoms with Gasteiger partial charge in [0.2, 0.25) is 5.91 Å². The Morgan fingerprint density at radius 1 is 1.07 bits per heavy atom. The molecule has 30 heavy (non-hydrogen) atoms. The largest absolute Gasteiger partial charge is 0.484 e. The van der Waals surface area contributed by atoms with Gasteiger partial charge in [-0.15, -0.1) is 0 Å². The molecule has 2 aromatic carbocycles. The number of rotatable bonds is 9. The fourth-order valence-electron chi connectivity index (χ4n) is 2.85. The first kappa shape index (κ1) is 21.1. The summed E-state index contributed by atoms with van der Waals surface area (Å²) in [5.41, 5.74) is 0.704. The molecule has 3 aromatic rings. The van der Waals surface area contributed by atoms with Crippen LogP contribution in [-0.2, 0) is 22.7 Å². The van der Waals surface area contributed by atoms with Crippen LogP contribution in [0.1, 0.15) is 18.2 Å². The molecule has 7 heteroatoms. The number of para-hydroxylation sites is 1. The molecule has 0 aliphatic carbocycles. The van der Waals surface area contributed by atoms with Crippen molar-refractivity contribution in [1.29, 1.82) is 0 Å². The minimum absolute atomic E-state index is 0.145. The number of nitrogens with one attached hydrogen (secondary N) is 1. The Morgan fingerprint density at radius 3 is 2.47 bits per heavy atom. The van der Waals surface area contributed by atoms with E-state index in [0.717, 1.165) is 0 Å². The molecular weight excluding hydrogens is 387 g/mol. The highest BCUT2D eigenvalue weighted by Crippen LogP contribution is 2.13. The Bertz CT molecular complexity index is 943. The summed E-state index contributed by atoms with van der Waals surface area (Å²) < 4.78 is 24.0. The molecule has 6 nitrogen and oxygen atoms in total. The van der Waals surface area contributed by atoms with Crippen molar-refractivity contribution in [3.63, 3.8) is 0 Å². The molecule has 2 amide bonds. The lowest BCUT2D eigenvalue weighted by molar-refractivity contribution is -0.142. The van der Waals surface area contributed by atoms with Gasteiger partial charge in [-0.2, -0.15) is 0 Å². The number of benzene rings is 2. The molecule has 1 aromatic heterocycles. The summed E-state index contributed by atoms with van der Waals surface area (Å²) in [6.45, 7) is 1.78. The standard InChI is InChI=1S/C23H23FN2O4/c1-17(23(28)25-14-21-8-5-13-29-21)26(15-18-9-11-19(24)12-10-18)22(27)16-30-20-6-3-2-4-7-20/h2-13,17H,14-16H2,1H3,(H,25,28)/t17-/m0/s1. The maximum Gasteiger partial charge on any atom is 0.261 e. The normalized spacial score (nSPS) is 11.5. The molecule has 0 fully saturated rings. The number of carbonyl (C=O) groups is 2. The number of nitrogens with zero attached hydrogens (tertiary/aromatic N) is 1. The zero-order chi connectivity index (χ0) is 21.3. The highest BCUT2D eigenvalue weighted by molar-refractivity contribution is 5.87. The molecule has 1 N–H and O–H groups in total. The summed E-state index contributed by atoms with van der Waals surface area (Å²) in [5, 5.41) is 2.76. The monoisotopic (exact) mass is 410 g/mol. The second kappa shape index (κ2) is 10.2. The number of hydrogen-bond donors (Lipinski definition) is 1. The van der Waals surface area contributed by atoms with Gasteiger partial charge < -0.3 is 19.4 Å². The third kappa shape index (κ3) is 5.94. The van der Waals surface area contributed by atoms with Crippen LogP contribution in [0.25, 0.3) is 0 Å². The van der Waals surface area contributed by atoms with E-state index >= 15 is 0 Å². The fourth-order valence-corrected chi connectivity index (χ4v) is 2.85. The van der Waals surface area contributed by atoms with Crippen molar-refractivity contribution in [1.82, 2.24) is 10.2 Å². The molecule has 0 saturated heterocycles. The van der Waals surface area contributed by atoms with E-state index in [9.17, 15) is 14.0 Å². The minimum atomic E-state index is -0.767. The molecular formula is C23H23FN2O4. The molecule has 3 rings (SSSR count). The third-order valence-corrected chi connectivity index (χ3v) is 4.56. The Labute approximate surface area is 174 Å². The van der Waals surface area contributed by atoms with Crippen LogP contribution in [0.5, 0.6) is 5.75 Å². The topological polar surface area (TPSA) is 71.8 Å². The SMILES string of the molecule is C[C@@H](C(=O)NCc1ccco1)N(Cc1ccc(F)cc1)C(=O)COc1ccccc1. The van der Waals surface area contributed by atoms with E-state index in [-0.39, 0.29) is 37.3 Å². The van der Waals surface area contributed by atoms with E-state index < -0.39 is 6.04 Å². The van der Waals surface area contributed by atoms with Crippen molar-refractivity contribution in [2.75, 3.05) is 6.61 Å². The molecule has 1 atom stereocenters. The van der Waals surface area contributed by atoms with Gasteiger partial charge in [-0.1, -0.05) is 30.3 Å². The number of halogens is 1. The van der Waals surface area contributed by atoms with Gasteiger partial charge in [0, 0.05) is 6.54 Å². The smallest absolute Gasteiger partial charge is 0.261 e. The lowest BCUT2D eigenvalue weighted by atomic mass is 10.1. The number of amides is 2. The van der Waals surface area contributed by atoms with E-state index in [1.54, 1.807) is 55.5 Å². The molecule has 0 bridgehead atoms. The molecule has 1 heterocycles. The summed E-state index contributed by atoms with van der Waals surface area (Å²) in [7, 11) is 0. The van der Waals surface area contributed by atoms with Gasteiger partial charge in [0.15, 0.2) is 6.61 Å². The number of furan rings is 1. The van der Waals surface area contributed by atoms with E-state index in [1.807, 2.05) is 6.07 Å². The van der Waals surface area contributed by atoms with Crippen LogP contribution in [0.3, 0.4) is 0 Å². The predicted molar refractivity (Wildman–Crippen MR) is 109 cm³/mol. The average Bonchev–Trinajstić information content (AvgIpc) is 3.29. The van der Waals surface area contributed by atoms with Crippen LogP contribution in [0.15, 0.2) is 77.4 Å².